The van der Waals surface area contributed by atoms with E-state index in [-0.39, 0.29) is 6.04 Å². The predicted molar refractivity (Wildman–Crippen MR) is 72.6 cm³/mol. The van der Waals surface area contributed by atoms with Gasteiger partial charge in [-0.05, 0) is 43.5 Å². The standard InChI is InChI=1S/C13H18N2O3S/c16-19(17,15-11-1-2-11)13-5-3-10(4-6-13)14-12-7-8-18-9-12/h3-6,11-12,14-15H,1-2,7-9H2. The van der Waals surface area contributed by atoms with E-state index in [4.69, 9.17) is 4.74 Å². The van der Waals surface area contributed by atoms with Crippen molar-refractivity contribution in [2.24, 2.45) is 0 Å². The second kappa shape index (κ2) is 5.11. The van der Waals surface area contributed by atoms with Crippen LogP contribution < -0.4 is 10.0 Å². The molecule has 0 amide bonds. The van der Waals surface area contributed by atoms with Gasteiger partial charge in [0.1, 0.15) is 0 Å². The van der Waals surface area contributed by atoms with E-state index in [9.17, 15) is 8.42 Å². The summed E-state index contributed by atoms with van der Waals surface area (Å²) in [4.78, 5) is 0.327. The Bertz CT molecular complexity index is 532. The number of ether oxygens (including phenoxy) is 1. The van der Waals surface area contributed by atoms with Crippen LogP contribution in [0, 0.1) is 0 Å². The number of nitrogens with one attached hydrogen (secondary N) is 2. The molecule has 2 N–H and O–H groups in total. The molecule has 1 unspecified atom stereocenters. The Morgan fingerprint density at radius 2 is 1.79 bits per heavy atom. The van der Waals surface area contributed by atoms with Gasteiger partial charge in [0.25, 0.3) is 0 Å². The molecule has 1 aliphatic carbocycles. The topological polar surface area (TPSA) is 67.4 Å². The second-order valence-corrected chi connectivity index (χ2v) is 6.84. The highest BCUT2D eigenvalue weighted by atomic mass is 32.2. The average molecular weight is 282 g/mol. The van der Waals surface area contributed by atoms with Gasteiger partial charge in [0, 0.05) is 18.3 Å². The highest BCUT2D eigenvalue weighted by Crippen LogP contribution is 2.23. The Balaban J connectivity index is 1.67. The quantitative estimate of drug-likeness (QED) is 0.855. The summed E-state index contributed by atoms with van der Waals surface area (Å²) in [5, 5.41) is 3.33. The predicted octanol–water partition coefficient (Wildman–Crippen LogP) is 1.33. The van der Waals surface area contributed by atoms with Gasteiger partial charge in [0.05, 0.1) is 17.5 Å². The fourth-order valence-electron chi connectivity index (χ4n) is 2.10. The highest BCUT2D eigenvalue weighted by molar-refractivity contribution is 7.89. The second-order valence-electron chi connectivity index (χ2n) is 5.12. The Kier molecular flexibility index (Phi) is 3.47. The van der Waals surface area contributed by atoms with Crippen LogP contribution in [0.5, 0.6) is 0 Å². The third-order valence-corrected chi connectivity index (χ3v) is 4.90. The van der Waals surface area contributed by atoms with Gasteiger partial charge >= 0.3 is 0 Å². The van der Waals surface area contributed by atoms with Crippen LogP contribution in [0.3, 0.4) is 0 Å². The van der Waals surface area contributed by atoms with E-state index in [0.717, 1.165) is 31.6 Å². The lowest BCUT2D eigenvalue weighted by Crippen LogP contribution is -2.25. The lowest BCUT2D eigenvalue weighted by Gasteiger charge is -2.12. The van der Waals surface area contributed by atoms with Crippen LogP contribution in [0.1, 0.15) is 19.3 Å². The molecule has 1 aromatic rings. The fourth-order valence-corrected chi connectivity index (χ4v) is 3.41. The normalized spacial score (nSPS) is 23.5. The largest absolute Gasteiger partial charge is 0.380 e. The van der Waals surface area contributed by atoms with Gasteiger partial charge in [-0.2, -0.15) is 0 Å². The number of hydrogen-bond donors (Lipinski definition) is 2. The molecule has 0 bridgehead atoms. The molecule has 5 nitrogen and oxygen atoms in total. The van der Waals surface area contributed by atoms with Crippen molar-refractivity contribution in [2.45, 2.75) is 36.2 Å². The zero-order valence-corrected chi connectivity index (χ0v) is 11.4. The molecule has 2 fully saturated rings. The Labute approximate surface area is 113 Å². The van der Waals surface area contributed by atoms with Crippen LogP contribution in [-0.4, -0.2) is 33.7 Å². The van der Waals surface area contributed by atoms with E-state index in [1.54, 1.807) is 24.3 Å². The smallest absolute Gasteiger partial charge is 0.240 e. The summed E-state index contributed by atoms with van der Waals surface area (Å²) in [5.74, 6) is 0. The molecular formula is C13H18N2O3S. The number of benzene rings is 1. The zero-order chi connectivity index (χ0) is 13.3. The molecule has 1 saturated heterocycles. The summed E-state index contributed by atoms with van der Waals surface area (Å²) in [5.41, 5.74) is 0.931. The molecule has 0 spiro atoms. The van der Waals surface area contributed by atoms with Crippen LogP contribution in [0.15, 0.2) is 29.2 Å². The van der Waals surface area contributed by atoms with Crippen molar-refractivity contribution in [1.82, 2.24) is 4.72 Å². The maximum atomic E-state index is 12.0. The summed E-state index contributed by atoms with van der Waals surface area (Å²) in [7, 11) is -3.34. The van der Waals surface area contributed by atoms with Crippen molar-refractivity contribution in [3.05, 3.63) is 24.3 Å². The molecular weight excluding hydrogens is 264 g/mol. The molecule has 1 atom stereocenters. The molecule has 1 heterocycles. The van der Waals surface area contributed by atoms with Gasteiger partial charge in [0.2, 0.25) is 10.0 Å². The summed E-state index contributed by atoms with van der Waals surface area (Å²) < 4.78 is 31.9. The molecule has 1 aromatic carbocycles. The van der Waals surface area contributed by atoms with E-state index >= 15 is 0 Å². The summed E-state index contributed by atoms with van der Waals surface area (Å²) >= 11 is 0. The molecule has 2 aliphatic rings. The van der Waals surface area contributed by atoms with Crippen molar-refractivity contribution in [3.63, 3.8) is 0 Å². The number of rotatable bonds is 5. The van der Waals surface area contributed by atoms with Crippen LogP contribution in [0.25, 0.3) is 0 Å². The van der Waals surface area contributed by atoms with Gasteiger partial charge < -0.3 is 10.1 Å². The Hall–Kier alpha value is -1.11. The first-order valence-electron chi connectivity index (χ1n) is 6.60. The monoisotopic (exact) mass is 282 g/mol. The van der Waals surface area contributed by atoms with Crippen molar-refractivity contribution < 1.29 is 13.2 Å². The fraction of sp³-hybridized carbons (Fsp3) is 0.538. The van der Waals surface area contributed by atoms with Crippen LogP contribution in [0.2, 0.25) is 0 Å². The SMILES string of the molecule is O=S(=O)(NC1CC1)c1ccc(NC2CCOC2)cc1. The first-order chi connectivity index (χ1) is 9.13. The van der Waals surface area contributed by atoms with Crippen molar-refractivity contribution in [1.29, 1.82) is 0 Å². The van der Waals surface area contributed by atoms with Crippen LogP contribution >= 0.6 is 0 Å². The van der Waals surface area contributed by atoms with Crippen molar-refractivity contribution in [3.8, 4) is 0 Å². The van der Waals surface area contributed by atoms with Crippen molar-refractivity contribution in [2.75, 3.05) is 18.5 Å². The first kappa shape index (κ1) is 12.9. The highest BCUT2D eigenvalue weighted by Gasteiger charge is 2.27. The summed E-state index contributed by atoms with van der Waals surface area (Å²) in [6.45, 7) is 1.50. The van der Waals surface area contributed by atoms with E-state index < -0.39 is 10.0 Å². The number of hydrogen-bond acceptors (Lipinski definition) is 4. The summed E-state index contributed by atoms with van der Waals surface area (Å²) in [6, 6.07) is 7.36. The lowest BCUT2D eigenvalue weighted by atomic mass is 10.2. The summed E-state index contributed by atoms with van der Waals surface area (Å²) in [6.07, 6.45) is 2.88. The van der Waals surface area contributed by atoms with Gasteiger partial charge in [-0.1, -0.05) is 0 Å². The molecule has 1 aliphatic heterocycles. The third-order valence-electron chi connectivity index (χ3n) is 3.36. The first-order valence-corrected chi connectivity index (χ1v) is 8.08. The van der Waals surface area contributed by atoms with Gasteiger partial charge in [0.15, 0.2) is 0 Å². The van der Waals surface area contributed by atoms with E-state index in [2.05, 4.69) is 10.0 Å². The molecule has 0 aromatic heterocycles. The Morgan fingerprint density at radius 3 is 2.37 bits per heavy atom. The minimum atomic E-state index is -3.34. The van der Waals surface area contributed by atoms with E-state index in [0.29, 0.717) is 17.5 Å². The molecule has 0 radical (unpaired) electrons. The van der Waals surface area contributed by atoms with Crippen molar-refractivity contribution >= 4 is 15.7 Å². The lowest BCUT2D eigenvalue weighted by molar-refractivity contribution is 0.195. The van der Waals surface area contributed by atoms with Gasteiger partial charge in [-0.3, -0.25) is 0 Å². The van der Waals surface area contributed by atoms with Crippen LogP contribution in [-0.2, 0) is 14.8 Å². The molecule has 6 heteroatoms. The number of sulfonamides is 1. The van der Waals surface area contributed by atoms with E-state index in [1.165, 1.54) is 0 Å². The molecule has 1 saturated carbocycles. The maximum Gasteiger partial charge on any atom is 0.240 e. The maximum absolute atomic E-state index is 12.0. The zero-order valence-electron chi connectivity index (χ0n) is 10.6. The number of anilines is 1. The molecule has 104 valence electrons. The Morgan fingerprint density at radius 1 is 1.05 bits per heavy atom. The third kappa shape index (κ3) is 3.26. The minimum absolute atomic E-state index is 0.137. The minimum Gasteiger partial charge on any atom is -0.380 e. The van der Waals surface area contributed by atoms with Gasteiger partial charge in [-0.15, -0.1) is 0 Å². The van der Waals surface area contributed by atoms with Crippen LogP contribution in [0.4, 0.5) is 5.69 Å². The average Bonchev–Trinajstić information content (AvgIpc) is 3.03. The molecule has 3 rings (SSSR count). The van der Waals surface area contributed by atoms with E-state index in [1.807, 2.05) is 0 Å². The van der Waals surface area contributed by atoms with Gasteiger partial charge in [-0.25, -0.2) is 13.1 Å². The molecule has 19 heavy (non-hydrogen) atoms.